The first-order chi connectivity index (χ1) is 24.4. The highest BCUT2D eigenvalue weighted by Crippen LogP contribution is 2.23. The Balaban J connectivity index is 0.000000549. The van der Waals surface area contributed by atoms with Crippen molar-refractivity contribution in [2.75, 3.05) is 66.6 Å². The molecule has 11 heteroatoms. The number of esters is 1. The normalized spacial score (nSPS) is 18.6. The molecule has 0 aliphatic carbocycles. The van der Waals surface area contributed by atoms with Gasteiger partial charge < -0.3 is 34.4 Å². The number of nitrogens with one attached hydrogen (secondary N) is 1. The zero-order valence-corrected chi connectivity index (χ0v) is 33.2. The standard InChI is InChI=1S/C24H33N3O5.C8H17N.C5H11NO.C3H8/c1-17(2)21(26(4)22(29)14-25-16-28)13-18(3)23(30)27-12-8-11-20(27)24(31)32-15-19-9-6-5-7-10-19;1-8(2)9-6-4-3-5-7-9;1-6-2-4-7-5-3-6;1-3-2/h5-7,9-10,13,16-17,20-21H,8,11-12,14-15H2,1-4H3,(H,25,28);8H,3-7H2,1-2H3;2-5H2,1H3;3H2,1-2H3/b18-13+;;;/t20-,21+;;;/m0.../s1. The van der Waals surface area contributed by atoms with Crippen molar-refractivity contribution in [1.29, 1.82) is 0 Å². The molecule has 3 aliphatic heterocycles. The maximum absolute atomic E-state index is 13.1. The van der Waals surface area contributed by atoms with Crippen molar-refractivity contribution in [3.05, 3.63) is 47.5 Å². The fraction of sp³-hybridized carbons (Fsp3) is 0.700. The van der Waals surface area contributed by atoms with Crippen molar-refractivity contribution in [3.8, 4) is 0 Å². The number of carbonyl (C=O) groups excluding carboxylic acids is 4. The molecule has 4 rings (SSSR count). The maximum atomic E-state index is 13.1. The summed E-state index contributed by atoms with van der Waals surface area (Å²) in [5, 5.41) is 2.37. The summed E-state index contributed by atoms with van der Waals surface area (Å²) < 4.78 is 10.6. The topological polar surface area (TPSA) is 112 Å². The summed E-state index contributed by atoms with van der Waals surface area (Å²) in [6.07, 6.45) is 9.06. The highest BCUT2D eigenvalue weighted by atomic mass is 16.5. The molecular weight excluding hydrogens is 646 g/mol. The van der Waals surface area contributed by atoms with Gasteiger partial charge >= 0.3 is 5.97 Å². The molecule has 1 aromatic rings. The molecule has 0 bridgehead atoms. The molecule has 0 spiro atoms. The van der Waals surface area contributed by atoms with E-state index in [2.05, 4.69) is 49.9 Å². The number of hydrogen-bond acceptors (Lipinski definition) is 8. The summed E-state index contributed by atoms with van der Waals surface area (Å²) in [6, 6.07) is 9.25. The number of piperidine rings is 1. The highest BCUT2D eigenvalue weighted by Gasteiger charge is 2.36. The Morgan fingerprint density at radius 2 is 1.57 bits per heavy atom. The number of morpholine rings is 1. The number of likely N-dealkylation sites (N-methyl/N-ethyl adjacent to an activating group) is 2. The van der Waals surface area contributed by atoms with E-state index in [1.165, 1.54) is 43.7 Å². The van der Waals surface area contributed by atoms with Crippen LogP contribution in [0.4, 0.5) is 0 Å². The minimum absolute atomic E-state index is 0.0492. The summed E-state index contributed by atoms with van der Waals surface area (Å²) in [4.78, 5) is 56.5. The van der Waals surface area contributed by atoms with Crippen molar-refractivity contribution in [3.63, 3.8) is 0 Å². The Kier molecular flexibility index (Phi) is 23.8. The van der Waals surface area contributed by atoms with Gasteiger partial charge in [0.05, 0.1) is 25.8 Å². The summed E-state index contributed by atoms with van der Waals surface area (Å²) in [7, 11) is 3.76. The van der Waals surface area contributed by atoms with Gasteiger partial charge in [-0.3, -0.25) is 14.4 Å². The predicted octanol–water partition coefficient (Wildman–Crippen LogP) is 5.14. The average molecular weight is 716 g/mol. The van der Waals surface area contributed by atoms with Crippen molar-refractivity contribution >= 4 is 24.2 Å². The molecule has 11 nitrogen and oxygen atoms in total. The van der Waals surface area contributed by atoms with Crippen LogP contribution >= 0.6 is 0 Å². The number of hydrogen-bond donors (Lipinski definition) is 1. The highest BCUT2D eigenvalue weighted by molar-refractivity contribution is 5.96. The second-order valence-corrected chi connectivity index (χ2v) is 14.2. The van der Waals surface area contributed by atoms with Crippen LogP contribution in [0.5, 0.6) is 0 Å². The minimum atomic E-state index is -0.608. The van der Waals surface area contributed by atoms with Crippen LogP contribution in [0.3, 0.4) is 0 Å². The molecule has 51 heavy (non-hydrogen) atoms. The van der Waals surface area contributed by atoms with Crippen molar-refractivity contribution in [1.82, 2.24) is 24.9 Å². The fourth-order valence-electron chi connectivity index (χ4n) is 5.89. The monoisotopic (exact) mass is 716 g/mol. The summed E-state index contributed by atoms with van der Waals surface area (Å²) in [5.41, 5.74) is 1.36. The minimum Gasteiger partial charge on any atom is -0.459 e. The number of amides is 3. The molecule has 2 atom stereocenters. The zero-order valence-electron chi connectivity index (χ0n) is 33.2. The SMILES string of the molecule is C/C(=C\[C@H](C(C)C)N(C)C(=O)CNC=O)C(=O)N1CCC[C@H]1C(=O)OCc1ccccc1.CC(C)N1CCCCC1.CCC.CN1CCOCC1. The molecule has 1 aromatic carbocycles. The molecule has 0 saturated carbocycles. The lowest BCUT2D eigenvalue weighted by molar-refractivity contribution is -0.153. The molecular formula is C40H69N5O6. The van der Waals surface area contributed by atoms with E-state index < -0.39 is 12.0 Å². The lowest BCUT2D eigenvalue weighted by Gasteiger charge is -2.30. The molecule has 3 fully saturated rings. The second-order valence-electron chi connectivity index (χ2n) is 14.2. The van der Waals surface area contributed by atoms with Crippen molar-refractivity contribution in [2.45, 2.75) is 112 Å². The number of rotatable bonds is 11. The van der Waals surface area contributed by atoms with E-state index in [4.69, 9.17) is 9.47 Å². The molecule has 0 aromatic heterocycles. The van der Waals surface area contributed by atoms with Gasteiger partial charge in [-0.05, 0) is 78.1 Å². The van der Waals surface area contributed by atoms with E-state index in [-0.39, 0.29) is 36.9 Å². The molecule has 3 amide bonds. The van der Waals surface area contributed by atoms with Crippen LogP contribution in [0.25, 0.3) is 0 Å². The van der Waals surface area contributed by atoms with Gasteiger partial charge in [-0.15, -0.1) is 0 Å². The second kappa shape index (κ2) is 26.5. The Morgan fingerprint density at radius 1 is 0.961 bits per heavy atom. The zero-order chi connectivity index (χ0) is 38.2. The third-order valence-electron chi connectivity index (χ3n) is 8.98. The summed E-state index contributed by atoms with van der Waals surface area (Å²) in [6.45, 7) is 21.7. The number of nitrogens with zero attached hydrogens (tertiary/aromatic N) is 4. The van der Waals surface area contributed by atoms with E-state index in [9.17, 15) is 19.2 Å². The predicted molar refractivity (Wildman–Crippen MR) is 205 cm³/mol. The average Bonchev–Trinajstić information content (AvgIpc) is 3.63. The molecule has 3 heterocycles. The number of carbonyl (C=O) groups is 4. The van der Waals surface area contributed by atoms with Crippen molar-refractivity contribution in [2.24, 2.45) is 5.92 Å². The number of likely N-dealkylation sites (tertiary alicyclic amines) is 2. The molecule has 1 N–H and O–H groups in total. The van der Waals surface area contributed by atoms with Gasteiger partial charge in [0.15, 0.2) is 0 Å². The van der Waals surface area contributed by atoms with Gasteiger partial charge in [0.1, 0.15) is 12.6 Å². The van der Waals surface area contributed by atoms with Gasteiger partial charge in [-0.1, -0.05) is 76.9 Å². The van der Waals surface area contributed by atoms with Crippen LogP contribution in [0.1, 0.15) is 92.6 Å². The first-order valence-electron chi connectivity index (χ1n) is 19.0. The summed E-state index contributed by atoms with van der Waals surface area (Å²) in [5.74, 6) is -0.842. The lowest BCUT2D eigenvalue weighted by atomic mass is 9.99. The van der Waals surface area contributed by atoms with E-state index in [1.807, 2.05) is 44.2 Å². The molecule has 0 unspecified atom stereocenters. The smallest absolute Gasteiger partial charge is 0.329 e. The van der Waals surface area contributed by atoms with Gasteiger partial charge in [0.2, 0.25) is 18.2 Å². The van der Waals surface area contributed by atoms with Crippen LogP contribution < -0.4 is 5.32 Å². The van der Waals surface area contributed by atoms with Gasteiger partial charge in [0, 0.05) is 38.3 Å². The van der Waals surface area contributed by atoms with Crippen molar-refractivity contribution < 1.29 is 28.7 Å². The van der Waals surface area contributed by atoms with Gasteiger partial charge in [-0.2, -0.15) is 0 Å². The van der Waals surface area contributed by atoms with Crippen LogP contribution in [0, 0.1) is 5.92 Å². The fourth-order valence-corrected chi connectivity index (χ4v) is 5.89. The molecule has 3 saturated heterocycles. The van der Waals surface area contributed by atoms with Gasteiger partial charge in [-0.25, -0.2) is 4.79 Å². The lowest BCUT2D eigenvalue weighted by Crippen LogP contribution is -2.44. The van der Waals surface area contributed by atoms with Crippen LogP contribution in [0.2, 0.25) is 0 Å². The third kappa shape index (κ3) is 18.2. The van der Waals surface area contributed by atoms with Crippen LogP contribution in [0.15, 0.2) is 42.0 Å². The first kappa shape index (κ1) is 45.7. The van der Waals surface area contributed by atoms with E-state index in [1.54, 1.807) is 24.9 Å². The van der Waals surface area contributed by atoms with Gasteiger partial charge in [0.25, 0.3) is 0 Å². The summed E-state index contributed by atoms with van der Waals surface area (Å²) >= 11 is 0. The van der Waals surface area contributed by atoms with Crippen LogP contribution in [-0.2, 0) is 35.3 Å². The third-order valence-corrected chi connectivity index (χ3v) is 8.98. The molecule has 3 aliphatic rings. The molecule has 0 radical (unpaired) electrons. The Labute approximate surface area is 309 Å². The maximum Gasteiger partial charge on any atom is 0.329 e. The van der Waals surface area contributed by atoms with Crippen LogP contribution in [-0.4, -0.2) is 128 Å². The first-order valence-corrected chi connectivity index (χ1v) is 19.0. The number of benzene rings is 1. The number of ether oxygens (including phenoxy) is 2. The van der Waals surface area contributed by atoms with E-state index in [0.29, 0.717) is 24.9 Å². The van der Waals surface area contributed by atoms with E-state index >= 15 is 0 Å². The van der Waals surface area contributed by atoms with E-state index in [0.717, 1.165) is 44.3 Å². The Bertz CT molecular complexity index is 1150. The molecule has 290 valence electrons. The quantitative estimate of drug-likeness (QED) is 0.191. The Morgan fingerprint density at radius 3 is 2.06 bits per heavy atom. The Hall–Kier alpha value is -3.28. The largest absolute Gasteiger partial charge is 0.459 e.